The summed E-state index contributed by atoms with van der Waals surface area (Å²) in [6, 6.07) is 7.94. The van der Waals surface area contributed by atoms with Crippen molar-refractivity contribution in [2.45, 2.75) is 12.0 Å². The topological polar surface area (TPSA) is 71.2 Å². The molecule has 0 saturated heterocycles. The lowest BCUT2D eigenvalue weighted by Gasteiger charge is -2.26. The number of hydrogen-bond donors (Lipinski definition) is 2. The zero-order chi connectivity index (χ0) is 20.9. The Balaban J connectivity index is 2.19. The first kappa shape index (κ1) is 19.8. The minimum atomic E-state index is -6.04. The van der Waals surface area contributed by atoms with Crippen molar-refractivity contribution in [3.63, 3.8) is 0 Å². The first-order valence-electron chi connectivity index (χ1n) is 7.32. The molecule has 0 fully saturated rings. The number of alkyl halides is 3. The van der Waals surface area contributed by atoms with Gasteiger partial charge in [0.1, 0.15) is 11.4 Å². The number of benzene rings is 2. The maximum atomic E-state index is 14.3. The molecule has 148 valence electrons. The highest BCUT2D eigenvalue weighted by Gasteiger charge is 2.58. The molecule has 0 aliphatic carbocycles. The molecule has 3 aromatic rings. The van der Waals surface area contributed by atoms with Gasteiger partial charge in [-0.2, -0.15) is 13.2 Å². The lowest BCUT2D eigenvalue weighted by Crippen LogP contribution is -2.44. The van der Waals surface area contributed by atoms with Gasteiger partial charge in [0.15, 0.2) is 23.3 Å². The summed E-state index contributed by atoms with van der Waals surface area (Å²) < 4.78 is 94.9. The fourth-order valence-corrected chi connectivity index (χ4v) is 2.38. The summed E-state index contributed by atoms with van der Waals surface area (Å²) in [6.45, 7) is 0. The van der Waals surface area contributed by atoms with E-state index in [0.717, 1.165) is 6.20 Å². The summed E-state index contributed by atoms with van der Waals surface area (Å²) in [5.41, 5.74) is -3.69. The van der Waals surface area contributed by atoms with Crippen LogP contribution in [0.2, 0.25) is 0 Å². The molecule has 0 saturated carbocycles. The van der Waals surface area contributed by atoms with E-state index in [1.807, 2.05) is 0 Å². The molecule has 0 amide bonds. The molecule has 0 aliphatic heterocycles. The normalized spacial score (nSPS) is 12.5. The molecule has 12 heteroatoms. The third-order valence-electron chi connectivity index (χ3n) is 3.78. The smallest absolute Gasteiger partial charge is 0.355 e. The summed E-state index contributed by atoms with van der Waals surface area (Å²) in [6.07, 6.45) is -5.16. The predicted octanol–water partition coefficient (Wildman–Crippen LogP) is 3.19. The van der Waals surface area contributed by atoms with Crippen LogP contribution in [-0.2, 0) is 5.79 Å². The van der Waals surface area contributed by atoms with Crippen molar-refractivity contribution < 1.29 is 40.9 Å². The predicted molar refractivity (Wildman–Crippen MR) is 78.8 cm³/mol. The van der Waals surface area contributed by atoms with Crippen molar-refractivity contribution in [3.8, 4) is 16.9 Å². The summed E-state index contributed by atoms with van der Waals surface area (Å²) >= 11 is 0. The van der Waals surface area contributed by atoms with Gasteiger partial charge in [-0.3, -0.25) is 0 Å². The van der Waals surface area contributed by atoms with Crippen LogP contribution >= 0.6 is 0 Å². The van der Waals surface area contributed by atoms with Gasteiger partial charge in [0.05, 0.1) is 11.8 Å². The molecule has 0 unspecified atom stereocenters. The molecule has 0 bridgehead atoms. The highest BCUT2D eigenvalue weighted by Crippen LogP contribution is 2.41. The van der Waals surface area contributed by atoms with Gasteiger partial charge in [-0.1, -0.05) is 35.5 Å². The van der Waals surface area contributed by atoms with Crippen molar-refractivity contribution in [3.05, 3.63) is 65.4 Å². The van der Waals surface area contributed by atoms with Gasteiger partial charge in [0.2, 0.25) is 0 Å². The number of rotatable bonds is 3. The quantitative estimate of drug-likeness (QED) is 0.398. The summed E-state index contributed by atoms with van der Waals surface area (Å²) in [5, 5.41) is 24.9. The Morgan fingerprint density at radius 3 is 1.86 bits per heavy atom. The monoisotopic (exact) mass is 407 g/mol. The van der Waals surface area contributed by atoms with Gasteiger partial charge in [0.25, 0.3) is 5.79 Å². The SMILES string of the molecule is OC(O)(c1c(F)c(F)c(-n2cc(-c3ccccc3)nn2)c(F)c1F)C(F)(F)F. The Bertz CT molecular complexity index is 1000. The van der Waals surface area contributed by atoms with Crippen LogP contribution in [0.1, 0.15) is 5.56 Å². The van der Waals surface area contributed by atoms with Crippen LogP contribution in [0.5, 0.6) is 0 Å². The zero-order valence-electron chi connectivity index (χ0n) is 13.3. The molecule has 0 radical (unpaired) electrons. The second-order valence-electron chi connectivity index (χ2n) is 5.56. The average Bonchev–Trinajstić information content (AvgIpc) is 3.10. The largest absolute Gasteiger partial charge is 0.448 e. The molecule has 1 aromatic heterocycles. The minimum absolute atomic E-state index is 0.0400. The Labute approximate surface area is 151 Å². The van der Waals surface area contributed by atoms with Crippen LogP contribution in [-0.4, -0.2) is 31.4 Å². The fraction of sp³-hybridized carbons (Fsp3) is 0.125. The van der Waals surface area contributed by atoms with E-state index in [1.165, 1.54) is 0 Å². The Morgan fingerprint density at radius 2 is 1.36 bits per heavy atom. The summed E-state index contributed by atoms with van der Waals surface area (Å²) in [5.74, 6) is -15.1. The van der Waals surface area contributed by atoms with Crippen molar-refractivity contribution >= 4 is 0 Å². The summed E-state index contributed by atoms with van der Waals surface area (Å²) in [4.78, 5) is 0. The molecule has 2 aromatic carbocycles. The third kappa shape index (κ3) is 2.99. The van der Waals surface area contributed by atoms with Crippen molar-refractivity contribution in [1.82, 2.24) is 15.0 Å². The van der Waals surface area contributed by atoms with Crippen molar-refractivity contribution in [2.24, 2.45) is 0 Å². The van der Waals surface area contributed by atoms with Gasteiger partial charge >= 0.3 is 6.18 Å². The fourth-order valence-electron chi connectivity index (χ4n) is 2.38. The lowest BCUT2D eigenvalue weighted by atomic mass is 10.0. The molecular weight excluding hydrogens is 399 g/mol. The Kier molecular flexibility index (Phi) is 4.63. The number of nitrogens with zero attached hydrogens (tertiary/aromatic N) is 3. The minimum Gasteiger partial charge on any atom is -0.355 e. The van der Waals surface area contributed by atoms with Crippen LogP contribution in [0.4, 0.5) is 30.7 Å². The van der Waals surface area contributed by atoms with Gasteiger partial charge in [-0.25, -0.2) is 22.2 Å². The Morgan fingerprint density at radius 1 is 0.821 bits per heavy atom. The van der Waals surface area contributed by atoms with Crippen LogP contribution in [0.3, 0.4) is 0 Å². The second-order valence-corrected chi connectivity index (χ2v) is 5.56. The maximum Gasteiger partial charge on any atom is 0.448 e. The zero-order valence-corrected chi connectivity index (χ0v) is 13.3. The third-order valence-corrected chi connectivity index (χ3v) is 3.78. The van der Waals surface area contributed by atoms with E-state index < -0.39 is 46.5 Å². The van der Waals surface area contributed by atoms with Crippen molar-refractivity contribution in [2.75, 3.05) is 0 Å². The lowest BCUT2D eigenvalue weighted by molar-refractivity contribution is -0.360. The van der Waals surface area contributed by atoms with E-state index in [4.69, 9.17) is 10.2 Å². The molecule has 5 nitrogen and oxygen atoms in total. The first-order chi connectivity index (χ1) is 13.0. The Hall–Kier alpha value is -2.99. The molecule has 0 aliphatic rings. The molecular formula is C16H8F7N3O2. The van der Waals surface area contributed by atoms with E-state index in [-0.39, 0.29) is 10.4 Å². The summed E-state index contributed by atoms with van der Waals surface area (Å²) in [7, 11) is 0. The molecule has 0 atom stereocenters. The average molecular weight is 407 g/mol. The molecule has 3 rings (SSSR count). The maximum absolute atomic E-state index is 14.3. The van der Waals surface area contributed by atoms with E-state index >= 15 is 0 Å². The van der Waals surface area contributed by atoms with E-state index in [9.17, 15) is 30.7 Å². The highest BCUT2D eigenvalue weighted by molar-refractivity contribution is 5.58. The van der Waals surface area contributed by atoms with Gasteiger partial charge in [0, 0.05) is 5.56 Å². The van der Waals surface area contributed by atoms with E-state index in [2.05, 4.69) is 10.3 Å². The molecule has 1 heterocycles. The van der Waals surface area contributed by atoms with Crippen LogP contribution in [0.25, 0.3) is 16.9 Å². The molecule has 2 N–H and O–H groups in total. The molecule has 28 heavy (non-hydrogen) atoms. The molecule has 0 spiro atoms. The number of hydrogen-bond acceptors (Lipinski definition) is 4. The van der Waals surface area contributed by atoms with Gasteiger partial charge in [-0.05, 0) is 0 Å². The van der Waals surface area contributed by atoms with Gasteiger partial charge < -0.3 is 10.2 Å². The number of aliphatic hydroxyl groups is 2. The number of aromatic nitrogens is 3. The first-order valence-corrected chi connectivity index (χ1v) is 7.32. The van der Waals surface area contributed by atoms with Crippen LogP contribution < -0.4 is 0 Å². The highest BCUT2D eigenvalue weighted by atomic mass is 19.4. The van der Waals surface area contributed by atoms with Gasteiger partial charge in [-0.15, -0.1) is 5.10 Å². The second kappa shape index (κ2) is 6.56. The van der Waals surface area contributed by atoms with E-state index in [0.29, 0.717) is 5.56 Å². The number of halogens is 7. The van der Waals surface area contributed by atoms with Crippen LogP contribution in [0, 0.1) is 23.3 Å². The van der Waals surface area contributed by atoms with Crippen LogP contribution in [0.15, 0.2) is 36.5 Å². The standard InChI is InChI=1S/C16H8F7N3O2/c17-10-9(15(27,28)16(21,22)23)11(18)13(20)14(12(10)19)26-6-8(24-25-26)7-4-2-1-3-5-7/h1-6,27-28H. The van der Waals surface area contributed by atoms with Crippen molar-refractivity contribution in [1.29, 1.82) is 0 Å². The van der Waals surface area contributed by atoms with E-state index in [1.54, 1.807) is 30.3 Å².